The third kappa shape index (κ3) is 4.25. The Hall–Kier alpha value is -1.18. The van der Waals surface area contributed by atoms with E-state index in [9.17, 15) is 0 Å². The van der Waals surface area contributed by atoms with E-state index < -0.39 is 0 Å². The van der Waals surface area contributed by atoms with Crippen LogP contribution in [-0.2, 0) is 0 Å². The van der Waals surface area contributed by atoms with Crippen molar-refractivity contribution in [2.24, 2.45) is 5.92 Å². The summed E-state index contributed by atoms with van der Waals surface area (Å²) in [5.74, 6) is 1.73. The molecule has 0 amide bonds. The number of hydrogen-bond acceptors (Lipinski definition) is 2. The number of anilines is 1. The fraction of sp³-hybridized carbons (Fsp3) is 0.625. The van der Waals surface area contributed by atoms with Crippen LogP contribution in [0, 0.1) is 12.8 Å². The van der Waals surface area contributed by atoms with E-state index >= 15 is 0 Å². The Kier molecular flexibility index (Phi) is 6.03. The van der Waals surface area contributed by atoms with Gasteiger partial charge in [0.15, 0.2) is 0 Å². The summed E-state index contributed by atoms with van der Waals surface area (Å²) in [5, 5.41) is 3.63. The van der Waals surface area contributed by atoms with Gasteiger partial charge in [0.25, 0.3) is 0 Å². The van der Waals surface area contributed by atoms with Crippen LogP contribution in [0.15, 0.2) is 18.2 Å². The van der Waals surface area contributed by atoms with Crippen LogP contribution < -0.4 is 10.1 Å². The van der Waals surface area contributed by atoms with Gasteiger partial charge < -0.3 is 10.1 Å². The lowest BCUT2D eigenvalue weighted by Crippen LogP contribution is -2.21. The Bertz CT molecular complexity index is 362. The van der Waals surface area contributed by atoms with Gasteiger partial charge >= 0.3 is 0 Å². The van der Waals surface area contributed by atoms with E-state index in [0.717, 1.165) is 18.1 Å². The highest BCUT2D eigenvalue weighted by atomic mass is 16.5. The molecule has 2 nitrogen and oxygen atoms in total. The molecule has 0 radical (unpaired) electrons. The van der Waals surface area contributed by atoms with E-state index in [4.69, 9.17) is 4.74 Å². The van der Waals surface area contributed by atoms with Crippen molar-refractivity contribution in [3.63, 3.8) is 0 Å². The second-order valence-electron chi connectivity index (χ2n) is 5.18. The average molecular weight is 249 g/mol. The third-order valence-electron chi connectivity index (χ3n) is 3.64. The maximum Gasteiger partial charge on any atom is 0.121 e. The number of aryl methyl sites for hydroxylation is 1. The predicted molar refractivity (Wildman–Crippen MR) is 79.5 cm³/mol. The predicted octanol–water partition coefficient (Wildman–Crippen LogP) is 4.63. The summed E-state index contributed by atoms with van der Waals surface area (Å²) in [7, 11) is 1.72. The maximum atomic E-state index is 5.29. The molecule has 0 aliphatic carbocycles. The van der Waals surface area contributed by atoms with E-state index in [1.54, 1.807) is 7.11 Å². The van der Waals surface area contributed by atoms with Crippen LogP contribution in [0.1, 0.15) is 45.6 Å². The molecule has 18 heavy (non-hydrogen) atoms. The standard InChI is InChI=1S/C16H27NO/c1-6-12(3)10-14(7-2)17-15-8-9-16(18-5)13(4)11-15/h8-9,11-12,14,17H,6-7,10H2,1-5H3. The molecule has 0 saturated carbocycles. The van der Waals surface area contributed by atoms with E-state index in [1.807, 2.05) is 6.07 Å². The molecule has 1 N–H and O–H groups in total. The van der Waals surface area contributed by atoms with E-state index in [0.29, 0.717) is 6.04 Å². The van der Waals surface area contributed by atoms with Crippen molar-refractivity contribution in [3.8, 4) is 5.75 Å². The van der Waals surface area contributed by atoms with Crippen molar-refractivity contribution in [3.05, 3.63) is 23.8 Å². The van der Waals surface area contributed by atoms with Gasteiger partial charge in [-0.1, -0.05) is 27.2 Å². The number of hydrogen-bond donors (Lipinski definition) is 1. The van der Waals surface area contributed by atoms with Crippen LogP contribution in [0.2, 0.25) is 0 Å². The van der Waals surface area contributed by atoms with Gasteiger partial charge in [0, 0.05) is 11.7 Å². The van der Waals surface area contributed by atoms with Crippen LogP contribution in [-0.4, -0.2) is 13.2 Å². The van der Waals surface area contributed by atoms with Gasteiger partial charge in [-0.15, -0.1) is 0 Å². The summed E-state index contributed by atoms with van der Waals surface area (Å²) in [6.07, 6.45) is 3.65. The summed E-state index contributed by atoms with van der Waals surface area (Å²) in [6.45, 7) is 8.91. The number of ether oxygens (including phenoxy) is 1. The van der Waals surface area contributed by atoms with Crippen LogP contribution in [0.3, 0.4) is 0 Å². The van der Waals surface area contributed by atoms with Gasteiger partial charge in [0.1, 0.15) is 5.75 Å². The summed E-state index contributed by atoms with van der Waals surface area (Å²) in [6, 6.07) is 6.87. The second-order valence-corrected chi connectivity index (χ2v) is 5.18. The topological polar surface area (TPSA) is 21.3 Å². The second kappa shape index (κ2) is 7.30. The van der Waals surface area contributed by atoms with E-state index in [-0.39, 0.29) is 0 Å². The highest BCUT2D eigenvalue weighted by Crippen LogP contribution is 2.23. The maximum absolute atomic E-state index is 5.29. The van der Waals surface area contributed by atoms with Crippen molar-refractivity contribution in [2.75, 3.05) is 12.4 Å². The number of nitrogens with one attached hydrogen (secondary N) is 1. The van der Waals surface area contributed by atoms with Crippen LogP contribution in [0.25, 0.3) is 0 Å². The molecule has 0 aromatic heterocycles. The first-order chi connectivity index (χ1) is 8.60. The Morgan fingerprint density at radius 2 is 1.94 bits per heavy atom. The molecule has 0 fully saturated rings. The number of methoxy groups -OCH3 is 1. The zero-order chi connectivity index (χ0) is 13.5. The molecule has 2 heteroatoms. The molecule has 0 saturated heterocycles. The largest absolute Gasteiger partial charge is 0.496 e. The quantitative estimate of drug-likeness (QED) is 0.760. The van der Waals surface area contributed by atoms with E-state index in [1.165, 1.54) is 24.1 Å². The summed E-state index contributed by atoms with van der Waals surface area (Å²) in [5.41, 5.74) is 2.38. The van der Waals surface area contributed by atoms with Crippen LogP contribution >= 0.6 is 0 Å². The van der Waals surface area contributed by atoms with Crippen LogP contribution in [0.4, 0.5) is 5.69 Å². The Balaban J connectivity index is 2.67. The molecule has 0 bridgehead atoms. The molecule has 0 aliphatic rings. The molecular weight excluding hydrogens is 222 g/mol. The van der Waals surface area contributed by atoms with Gasteiger partial charge in [0.2, 0.25) is 0 Å². The van der Waals surface area contributed by atoms with Crippen molar-refractivity contribution in [1.82, 2.24) is 0 Å². The molecule has 2 unspecified atom stereocenters. The molecule has 1 rings (SSSR count). The lowest BCUT2D eigenvalue weighted by atomic mass is 9.97. The average Bonchev–Trinajstić information content (AvgIpc) is 2.38. The molecular formula is C16H27NO. The van der Waals surface area contributed by atoms with Gasteiger partial charge in [0.05, 0.1) is 7.11 Å². The third-order valence-corrected chi connectivity index (χ3v) is 3.64. The fourth-order valence-electron chi connectivity index (χ4n) is 2.18. The Labute approximate surface area is 112 Å². The molecule has 102 valence electrons. The molecule has 1 aromatic rings. The van der Waals surface area contributed by atoms with Gasteiger partial charge in [-0.25, -0.2) is 0 Å². The fourth-order valence-corrected chi connectivity index (χ4v) is 2.18. The minimum atomic E-state index is 0.563. The first kappa shape index (κ1) is 14.9. The highest BCUT2D eigenvalue weighted by Gasteiger charge is 2.10. The Morgan fingerprint density at radius 1 is 1.22 bits per heavy atom. The van der Waals surface area contributed by atoms with Crippen molar-refractivity contribution < 1.29 is 4.74 Å². The molecule has 1 aromatic carbocycles. The first-order valence-electron chi connectivity index (χ1n) is 7.01. The van der Waals surface area contributed by atoms with Crippen molar-refractivity contribution in [2.45, 2.75) is 53.0 Å². The zero-order valence-electron chi connectivity index (χ0n) is 12.4. The first-order valence-corrected chi connectivity index (χ1v) is 7.01. The minimum absolute atomic E-state index is 0.563. The van der Waals surface area contributed by atoms with Crippen LogP contribution in [0.5, 0.6) is 5.75 Å². The SMILES string of the molecule is CCC(C)CC(CC)Nc1ccc(OC)c(C)c1. The normalized spacial score (nSPS) is 14.1. The molecule has 0 spiro atoms. The van der Waals surface area contributed by atoms with Crippen molar-refractivity contribution in [1.29, 1.82) is 0 Å². The molecule has 0 aliphatic heterocycles. The molecule has 0 heterocycles. The number of rotatable bonds is 7. The van der Waals surface area contributed by atoms with Gasteiger partial charge in [-0.05, 0) is 49.4 Å². The summed E-state index contributed by atoms with van der Waals surface area (Å²) in [4.78, 5) is 0. The van der Waals surface area contributed by atoms with E-state index in [2.05, 4.69) is 45.1 Å². The van der Waals surface area contributed by atoms with Crippen molar-refractivity contribution >= 4 is 5.69 Å². The lowest BCUT2D eigenvalue weighted by molar-refractivity contribution is 0.411. The van der Waals surface area contributed by atoms with Gasteiger partial charge in [-0.2, -0.15) is 0 Å². The lowest BCUT2D eigenvalue weighted by Gasteiger charge is -2.22. The summed E-state index contributed by atoms with van der Waals surface area (Å²) >= 11 is 0. The zero-order valence-corrected chi connectivity index (χ0v) is 12.4. The smallest absolute Gasteiger partial charge is 0.121 e. The number of benzene rings is 1. The minimum Gasteiger partial charge on any atom is -0.496 e. The van der Waals surface area contributed by atoms with Gasteiger partial charge in [-0.3, -0.25) is 0 Å². The Morgan fingerprint density at radius 3 is 2.44 bits per heavy atom. The molecule has 2 atom stereocenters. The highest BCUT2D eigenvalue weighted by molar-refractivity contribution is 5.51. The summed E-state index contributed by atoms with van der Waals surface area (Å²) < 4.78 is 5.29. The monoisotopic (exact) mass is 249 g/mol.